The van der Waals surface area contributed by atoms with E-state index in [0.717, 1.165) is 64.2 Å². The first-order valence-corrected chi connectivity index (χ1v) is 35.1. The average molecular weight is 1160 g/mol. The van der Waals surface area contributed by atoms with Crippen molar-refractivity contribution in [1.82, 2.24) is 0 Å². The lowest BCUT2D eigenvalue weighted by atomic mass is 10.0. The van der Waals surface area contributed by atoms with E-state index in [0.29, 0.717) is 17.4 Å². The van der Waals surface area contributed by atoms with E-state index >= 15 is 0 Å². The number of aliphatic carboxylic acids is 1. The van der Waals surface area contributed by atoms with Crippen molar-refractivity contribution in [2.24, 2.45) is 0 Å². The normalized spacial score (nSPS) is 13.1. The van der Waals surface area contributed by atoms with Crippen LogP contribution in [0.25, 0.3) is 0 Å². The predicted octanol–water partition coefficient (Wildman–Crippen LogP) is 20.4. The minimum absolute atomic E-state index is 0.147. The number of ether oxygens (including phenoxy) is 4. The molecule has 0 heterocycles. The van der Waals surface area contributed by atoms with Crippen LogP contribution in [0, 0.1) is 0 Å². The van der Waals surface area contributed by atoms with Gasteiger partial charge in [0.1, 0.15) is 13.2 Å². The molecule has 0 bridgehead atoms. The highest BCUT2D eigenvalue weighted by atomic mass is 16.7. The molecular formula is C74H133NO8. The Kier molecular flexibility index (Phi) is 62.2. The van der Waals surface area contributed by atoms with E-state index in [1.54, 1.807) is 0 Å². The molecule has 0 rings (SSSR count). The lowest BCUT2D eigenvalue weighted by Gasteiger charge is -2.26. The van der Waals surface area contributed by atoms with Gasteiger partial charge in [-0.15, -0.1) is 0 Å². The summed E-state index contributed by atoms with van der Waals surface area (Å²) in [5.74, 6) is -2.27. The number of quaternary nitrogens is 1. The van der Waals surface area contributed by atoms with Gasteiger partial charge in [0, 0.05) is 12.8 Å². The van der Waals surface area contributed by atoms with E-state index in [1.807, 2.05) is 21.1 Å². The Bertz CT molecular complexity index is 1590. The smallest absolute Gasteiger partial charge is 0.306 e. The van der Waals surface area contributed by atoms with Crippen LogP contribution in [-0.4, -0.2) is 82.3 Å². The van der Waals surface area contributed by atoms with E-state index < -0.39 is 24.3 Å². The second kappa shape index (κ2) is 64.7. The largest absolute Gasteiger partial charge is 0.545 e. The number of nitrogens with zero attached hydrogens (tertiary/aromatic N) is 1. The molecule has 0 aliphatic carbocycles. The number of esters is 2. The number of carbonyl (C=O) groups is 3. The molecule has 0 amide bonds. The van der Waals surface area contributed by atoms with Gasteiger partial charge in [0.05, 0.1) is 40.3 Å². The molecule has 0 saturated carbocycles. The van der Waals surface area contributed by atoms with Crippen LogP contribution in [0.4, 0.5) is 0 Å². The van der Waals surface area contributed by atoms with E-state index in [1.165, 1.54) is 225 Å². The molecule has 0 aromatic heterocycles. The van der Waals surface area contributed by atoms with E-state index in [2.05, 4.69) is 86.8 Å². The van der Waals surface area contributed by atoms with Gasteiger partial charge in [0.15, 0.2) is 12.4 Å². The monoisotopic (exact) mass is 1160 g/mol. The summed E-state index contributed by atoms with van der Waals surface area (Å²) in [6.07, 6.45) is 82.8. The number of unbranched alkanes of at least 4 members (excludes halogenated alkanes) is 38. The maximum absolute atomic E-state index is 12.9. The second-order valence-corrected chi connectivity index (χ2v) is 24.8. The number of rotatable bonds is 65. The Labute approximate surface area is 513 Å². The van der Waals surface area contributed by atoms with Gasteiger partial charge in [-0.25, -0.2) is 0 Å². The zero-order valence-electron chi connectivity index (χ0n) is 55.1. The van der Waals surface area contributed by atoms with Crippen molar-refractivity contribution in [3.8, 4) is 0 Å². The summed E-state index contributed by atoms with van der Waals surface area (Å²) in [4.78, 5) is 37.5. The lowest BCUT2D eigenvalue weighted by Crippen LogP contribution is -2.44. The first-order valence-electron chi connectivity index (χ1n) is 35.1. The SMILES string of the molecule is CC/C=C\C/C=C\C/C=C\C/C=C\CCCCCCCCCCCCCCCCCCCCCCCCCCC(=O)OC(COC(=O)CCCCCCCCCCC/C=C\C/C=C\CCCCCCC)COC(OCC[N+](C)(C)C)C(=O)[O-]. The summed E-state index contributed by atoms with van der Waals surface area (Å²) >= 11 is 0. The number of carbonyl (C=O) groups excluding carboxylic acids is 3. The fraction of sp³-hybridized carbons (Fsp3) is 0.797. The van der Waals surface area contributed by atoms with E-state index in [-0.39, 0.29) is 38.6 Å². The summed E-state index contributed by atoms with van der Waals surface area (Å²) < 4.78 is 22.8. The van der Waals surface area contributed by atoms with Crippen LogP contribution in [0.3, 0.4) is 0 Å². The topological polar surface area (TPSA) is 111 Å². The molecule has 83 heavy (non-hydrogen) atoms. The number of carboxylic acid groups (broad SMARTS) is 1. The summed E-state index contributed by atoms with van der Waals surface area (Å²) in [7, 11) is 5.93. The molecule has 0 saturated heterocycles. The van der Waals surface area contributed by atoms with Gasteiger partial charge in [0.25, 0.3) is 0 Å². The highest BCUT2D eigenvalue weighted by Crippen LogP contribution is 2.18. The Morgan fingerprint density at radius 3 is 1.02 bits per heavy atom. The van der Waals surface area contributed by atoms with Crippen molar-refractivity contribution in [2.45, 2.75) is 334 Å². The predicted molar refractivity (Wildman–Crippen MR) is 352 cm³/mol. The molecule has 9 nitrogen and oxygen atoms in total. The molecule has 0 aromatic rings. The Morgan fingerprint density at radius 2 is 0.687 bits per heavy atom. The standard InChI is InChI=1S/C74H133NO8/c1-6-8-10-12-14-16-18-20-22-24-26-28-29-30-31-32-33-34-35-36-37-38-39-40-41-42-43-45-47-49-51-53-55-57-59-61-63-65-72(77)83-70(69-82-74(73(78)79)80-67-66-75(3,4)5)68-81-71(76)64-62-60-58-56-54-52-50-48-46-44-27-25-23-21-19-17-15-13-11-9-7-2/h8,10,14,16,19-22,25-28,70,74H,6-7,9,11-13,15,17-18,23-24,29-69H2,1-5H3/b10-8-,16-14-,21-19-,22-20-,27-25-,28-26-. The molecule has 0 N–H and O–H groups in total. The third-order valence-electron chi connectivity index (χ3n) is 15.4. The van der Waals surface area contributed by atoms with E-state index in [9.17, 15) is 19.5 Å². The van der Waals surface area contributed by atoms with E-state index in [4.69, 9.17) is 18.9 Å². The van der Waals surface area contributed by atoms with Crippen LogP contribution in [0.5, 0.6) is 0 Å². The second-order valence-electron chi connectivity index (χ2n) is 24.8. The van der Waals surface area contributed by atoms with Crippen molar-refractivity contribution in [2.75, 3.05) is 47.5 Å². The fourth-order valence-electron chi connectivity index (χ4n) is 10.1. The zero-order valence-corrected chi connectivity index (χ0v) is 55.1. The Hall–Kier alpha value is -3.27. The van der Waals surface area contributed by atoms with Crippen LogP contribution >= 0.6 is 0 Å². The van der Waals surface area contributed by atoms with Crippen LogP contribution in [0.2, 0.25) is 0 Å². The molecule has 0 spiro atoms. The maximum Gasteiger partial charge on any atom is 0.306 e. The zero-order chi connectivity index (χ0) is 60.5. The first kappa shape index (κ1) is 79.7. The summed E-state index contributed by atoms with van der Waals surface area (Å²) in [6.45, 7) is 4.66. The highest BCUT2D eigenvalue weighted by Gasteiger charge is 2.22. The molecule has 0 fully saturated rings. The van der Waals surface area contributed by atoms with Crippen LogP contribution in [-0.2, 0) is 33.3 Å². The van der Waals surface area contributed by atoms with Gasteiger partial charge < -0.3 is 33.3 Å². The summed E-state index contributed by atoms with van der Waals surface area (Å²) in [6, 6.07) is 0. The lowest BCUT2D eigenvalue weighted by molar-refractivity contribution is -0.870. The molecule has 2 atom stereocenters. The van der Waals surface area contributed by atoms with Crippen molar-refractivity contribution in [3.63, 3.8) is 0 Å². The van der Waals surface area contributed by atoms with Gasteiger partial charge >= 0.3 is 11.9 Å². The molecule has 0 radical (unpaired) electrons. The van der Waals surface area contributed by atoms with Gasteiger partial charge in [0.2, 0.25) is 0 Å². The third-order valence-corrected chi connectivity index (χ3v) is 15.4. The maximum atomic E-state index is 12.9. The van der Waals surface area contributed by atoms with Crippen molar-refractivity contribution in [1.29, 1.82) is 0 Å². The number of likely N-dealkylation sites (N-methyl/N-ethyl adjacent to an activating group) is 1. The molecule has 0 aliphatic heterocycles. The molecule has 0 aromatic carbocycles. The Balaban J connectivity index is 4.02. The van der Waals surface area contributed by atoms with Gasteiger partial charge in [-0.3, -0.25) is 9.59 Å². The Morgan fingerprint density at radius 1 is 0.373 bits per heavy atom. The number of carboxylic acids is 1. The average Bonchev–Trinajstić information content (AvgIpc) is 3.46. The number of hydrogen-bond donors (Lipinski definition) is 0. The number of hydrogen-bond acceptors (Lipinski definition) is 8. The molecule has 9 heteroatoms. The fourth-order valence-corrected chi connectivity index (χ4v) is 10.1. The number of allylic oxidation sites excluding steroid dienone is 12. The van der Waals surface area contributed by atoms with Crippen molar-refractivity contribution < 1.29 is 42.9 Å². The van der Waals surface area contributed by atoms with Crippen LogP contribution in [0.15, 0.2) is 72.9 Å². The molecular weight excluding hydrogens is 1030 g/mol. The first-order chi connectivity index (χ1) is 40.6. The van der Waals surface area contributed by atoms with Crippen LogP contribution in [0.1, 0.15) is 322 Å². The highest BCUT2D eigenvalue weighted by molar-refractivity contribution is 5.70. The molecule has 2 unspecified atom stereocenters. The van der Waals surface area contributed by atoms with Crippen molar-refractivity contribution in [3.05, 3.63) is 72.9 Å². The van der Waals surface area contributed by atoms with Gasteiger partial charge in [-0.1, -0.05) is 299 Å². The molecule has 0 aliphatic rings. The quantitative estimate of drug-likeness (QED) is 0.0195. The minimum Gasteiger partial charge on any atom is -0.545 e. The van der Waals surface area contributed by atoms with Gasteiger partial charge in [-0.05, 0) is 83.5 Å². The summed E-state index contributed by atoms with van der Waals surface area (Å²) in [5.41, 5.74) is 0. The summed E-state index contributed by atoms with van der Waals surface area (Å²) in [5, 5.41) is 11.8. The minimum atomic E-state index is -1.62. The third kappa shape index (κ3) is 66.1. The van der Waals surface area contributed by atoms with Gasteiger partial charge in [-0.2, -0.15) is 0 Å². The molecule has 482 valence electrons. The van der Waals surface area contributed by atoms with Crippen LogP contribution < -0.4 is 5.11 Å². The van der Waals surface area contributed by atoms with Crippen molar-refractivity contribution >= 4 is 17.9 Å².